The van der Waals surface area contributed by atoms with E-state index in [4.69, 9.17) is 5.73 Å². The highest BCUT2D eigenvalue weighted by Crippen LogP contribution is 2.27. The van der Waals surface area contributed by atoms with Gasteiger partial charge >= 0.3 is 6.09 Å². The number of hydrogen-bond acceptors (Lipinski definition) is 5. The summed E-state index contributed by atoms with van der Waals surface area (Å²) < 4.78 is 0. The molecule has 0 radical (unpaired) electrons. The molecule has 0 bridgehead atoms. The number of likely N-dealkylation sites (tertiary alicyclic amines) is 1. The number of carboxylic acid groups (broad SMARTS) is 1. The van der Waals surface area contributed by atoms with Gasteiger partial charge in [0.05, 0.1) is 17.4 Å². The number of hydrogen-bond donors (Lipinski definition) is 3. The molecule has 0 aromatic heterocycles. The summed E-state index contributed by atoms with van der Waals surface area (Å²) >= 11 is 0. The van der Waals surface area contributed by atoms with Gasteiger partial charge in [-0.2, -0.15) is 0 Å². The molecule has 2 amide bonds. The largest absolute Gasteiger partial charge is 0.465 e. The number of carbonyl (C=O) groups excluding carboxylic acids is 1. The second-order valence-electron chi connectivity index (χ2n) is 8.37. The summed E-state index contributed by atoms with van der Waals surface area (Å²) in [7, 11) is 2.03. The first-order valence-electron chi connectivity index (χ1n) is 10.6. The van der Waals surface area contributed by atoms with Crippen molar-refractivity contribution in [1.29, 1.82) is 0 Å². The molecule has 31 heavy (non-hydrogen) atoms. The minimum Gasteiger partial charge on any atom is -0.465 e. The number of nitrogens with zero attached hydrogens (tertiary/aromatic N) is 3. The van der Waals surface area contributed by atoms with Crippen LogP contribution in [0.15, 0.2) is 48.5 Å². The Balaban J connectivity index is 1.40. The van der Waals surface area contributed by atoms with E-state index in [2.05, 4.69) is 15.1 Å². The van der Waals surface area contributed by atoms with Gasteiger partial charge < -0.3 is 26.0 Å². The van der Waals surface area contributed by atoms with Crippen molar-refractivity contribution in [2.24, 2.45) is 0 Å². The first kappa shape index (κ1) is 21.0. The number of para-hydroxylation sites is 2. The second-order valence-corrected chi connectivity index (χ2v) is 8.37. The van der Waals surface area contributed by atoms with E-state index in [0.717, 1.165) is 38.2 Å². The summed E-state index contributed by atoms with van der Waals surface area (Å²) in [4.78, 5) is 30.5. The third kappa shape index (κ3) is 4.59. The first-order chi connectivity index (χ1) is 14.9. The molecule has 164 valence electrons. The van der Waals surface area contributed by atoms with Crippen molar-refractivity contribution in [2.75, 3.05) is 49.2 Å². The lowest BCUT2D eigenvalue weighted by molar-refractivity contribution is 0.102. The molecular weight excluding hydrogens is 394 g/mol. The zero-order chi connectivity index (χ0) is 22.0. The number of rotatable bonds is 5. The smallest absolute Gasteiger partial charge is 0.407 e. The van der Waals surface area contributed by atoms with Gasteiger partial charge in [-0.25, -0.2) is 4.79 Å². The van der Waals surface area contributed by atoms with Gasteiger partial charge in [0.15, 0.2) is 0 Å². The molecular formula is C23H29N5O3. The van der Waals surface area contributed by atoms with E-state index in [-0.39, 0.29) is 18.0 Å². The number of nitrogens with one attached hydrogen (secondary N) is 1. The molecule has 0 spiro atoms. The number of likely N-dealkylation sites (N-methyl/N-ethyl adjacent to an activating group) is 1. The van der Waals surface area contributed by atoms with E-state index >= 15 is 0 Å². The molecule has 2 aliphatic heterocycles. The van der Waals surface area contributed by atoms with E-state index in [9.17, 15) is 14.7 Å². The van der Waals surface area contributed by atoms with Crippen molar-refractivity contribution in [1.82, 2.24) is 9.80 Å². The van der Waals surface area contributed by atoms with E-state index in [1.165, 1.54) is 0 Å². The average Bonchev–Trinajstić information content (AvgIpc) is 3.39. The van der Waals surface area contributed by atoms with Crippen LogP contribution in [0.1, 0.15) is 23.2 Å². The van der Waals surface area contributed by atoms with Crippen molar-refractivity contribution in [3.63, 3.8) is 0 Å². The van der Waals surface area contributed by atoms with Gasteiger partial charge in [-0.05, 0) is 62.8 Å². The fraction of sp³-hybridized carbons (Fsp3) is 0.391. The molecule has 0 aliphatic carbocycles. The maximum atomic E-state index is 12.5. The van der Waals surface area contributed by atoms with Crippen molar-refractivity contribution in [2.45, 2.75) is 24.9 Å². The fourth-order valence-corrected chi connectivity index (χ4v) is 4.58. The van der Waals surface area contributed by atoms with Crippen molar-refractivity contribution in [3.05, 3.63) is 54.1 Å². The Bertz CT molecular complexity index is 948. The summed E-state index contributed by atoms with van der Waals surface area (Å²) in [5.41, 5.74) is 8.54. The van der Waals surface area contributed by atoms with Crippen LogP contribution in [0, 0.1) is 0 Å². The molecule has 4 rings (SSSR count). The molecule has 2 saturated heterocycles. The molecule has 8 heteroatoms. The molecule has 4 N–H and O–H groups in total. The van der Waals surface area contributed by atoms with Crippen LogP contribution in [-0.2, 0) is 0 Å². The lowest BCUT2D eigenvalue weighted by Crippen LogP contribution is -2.48. The van der Waals surface area contributed by atoms with E-state index in [1.54, 1.807) is 29.2 Å². The minimum atomic E-state index is -0.834. The zero-order valence-corrected chi connectivity index (χ0v) is 17.7. The summed E-state index contributed by atoms with van der Waals surface area (Å²) in [5.74, 6) is -0.217. The van der Waals surface area contributed by atoms with Gasteiger partial charge in [-0.15, -0.1) is 0 Å². The highest BCUT2D eigenvalue weighted by atomic mass is 16.4. The van der Waals surface area contributed by atoms with Crippen LogP contribution in [0.3, 0.4) is 0 Å². The van der Waals surface area contributed by atoms with Crippen molar-refractivity contribution in [3.8, 4) is 0 Å². The molecule has 2 heterocycles. The quantitative estimate of drug-likeness (QED) is 0.639. The van der Waals surface area contributed by atoms with E-state index in [1.807, 2.05) is 31.3 Å². The van der Waals surface area contributed by atoms with Gasteiger partial charge in [0.1, 0.15) is 0 Å². The lowest BCUT2D eigenvalue weighted by Gasteiger charge is -2.32. The van der Waals surface area contributed by atoms with Crippen molar-refractivity contribution < 1.29 is 14.7 Å². The summed E-state index contributed by atoms with van der Waals surface area (Å²) in [6, 6.07) is 14.6. The number of nitrogens with two attached hydrogens (primary N) is 1. The van der Waals surface area contributed by atoms with Crippen LogP contribution in [0.5, 0.6) is 0 Å². The highest BCUT2D eigenvalue weighted by molar-refractivity contribution is 6.05. The van der Waals surface area contributed by atoms with Gasteiger partial charge in [-0.3, -0.25) is 9.69 Å². The number of amides is 2. The third-order valence-electron chi connectivity index (χ3n) is 6.24. The monoisotopic (exact) mass is 423 g/mol. The maximum Gasteiger partial charge on any atom is 0.407 e. The minimum absolute atomic E-state index is 0.0157. The van der Waals surface area contributed by atoms with Crippen LogP contribution < -0.4 is 16.0 Å². The predicted octanol–water partition coefficient (Wildman–Crippen LogP) is 2.78. The van der Waals surface area contributed by atoms with Crippen LogP contribution in [0.2, 0.25) is 0 Å². The molecule has 2 aromatic rings. The molecule has 8 nitrogen and oxygen atoms in total. The Hall–Kier alpha value is -3.26. The van der Waals surface area contributed by atoms with Crippen LogP contribution in [0.4, 0.5) is 21.9 Å². The second kappa shape index (κ2) is 8.85. The first-order valence-corrected chi connectivity index (χ1v) is 10.6. The van der Waals surface area contributed by atoms with E-state index < -0.39 is 6.09 Å². The zero-order valence-electron chi connectivity index (χ0n) is 17.7. The fourth-order valence-electron chi connectivity index (χ4n) is 4.58. The number of anilines is 3. The summed E-state index contributed by atoms with van der Waals surface area (Å²) in [6.45, 7) is 3.18. The Morgan fingerprint density at radius 2 is 1.71 bits per heavy atom. The highest BCUT2D eigenvalue weighted by Gasteiger charge is 2.37. The third-order valence-corrected chi connectivity index (χ3v) is 6.24. The van der Waals surface area contributed by atoms with Gasteiger partial charge in [0, 0.05) is 36.9 Å². The van der Waals surface area contributed by atoms with Gasteiger partial charge in [0.2, 0.25) is 0 Å². The number of benzene rings is 2. The predicted molar refractivity (Wildman–Crippen MR) is 122 cm³/mol. The number of nitrogen functional groups attached to an aromatic ring is 1. The SMILES string of the molecule is CN1CC[C@H](N(C(=O)O)[C@@H]2CCN(c3ccc(C(=O)Nc4ccccc4N)cc3)C2)C1. The average molecular weight is 424 g/mol. The lowest BCUT2D eigenvalue weighted by atomic mass is 10.1. The summed E-state index contributed by atoms with van der Waals surface area (Å²) in [5, 5.41) is 12.6. The Morgan fingerprint density at radius 3 is 2.35 bits per heavy atom. The van der Waals surface area contributed by atoms with Gasteiger partial charge in [0.25, 0.3) is 5.91 Å². The Morgan fingerprint density at radius 1 is 1.03 bits per heavy atom. The van der Waals surface area contributed by atoms with Crippen LogP contribution in [0.25, 0.3) is 0 Å². The topological polar surface area (TPSA) is 102 Å². The van der Waals surface area contributed by atoms with Crippen molar-refractivity contribution >= 4 is 29.1 Å². The molecule has 2 fully saturated rings. The molecule has 2 atom stereocenters. The molecule has 2 aromatic carbocycles. The van der Waals surface area contributed by atoms with Gasteiger partial charge in [-0.1, -0.05) is 12.1 Å². The maximum absolute atomic E-state index is 12.5. The number of carbonyl (C=O) groups is 2. The Kier molecular flexibility index (Phi) is 5.99. The van der Waals surface area contributed by atoms with Crippen LogP contribution in [-0.4, -0.2) is 72.2 Å². The molecule has 0 unspecified atom stereocenters. The van der Waals surface area contributed by atoms with E-state index in [0.29, 0.717) is 23.5 Å². The summed E-state index contributed by atoms with van der Waals surface area (Å²) in [6.07, 6.45) is 0.858. The molecule has 2 aliphatic rings. The molecule has 0 saturated carbocycles. The van der Waals surface area contributed by atoms with Crippen LogP contribution >= 0.6 is 0 Å². The normalized spacial score (nSPS) is 21.3. The Labute approximate surface area is 182 Å². The standard InChI is InChI=1S/C23H29N5O3/c1-26-12-10-18(14-26)28(23(30)31)19-11-13-27(15-19)17-8-6-16(7-9-17)22(29)25-21-5-3-2-4-20(21)24/h2-9,18-19H,10-15,24H2,1H3,(H,25,29)(H,30,31)/t18-,19+/m0/s1.